The maximum Gasteiger partial charge on any atom is 0.341 e. The van der Waals surface area contributed by atoms with Gasteiger partial charge in [0.1, 0.15) is 5.75 Å². The molecular weight excluding hydrogens is 615 g/mol. The van der Waals surface area contributed by atoms with E-state index in [1.165, 1.54) is 16.7 Å². The maximum absolute atomic E-state index is 14.0. The van der Waals surface area contributed by atoms with Crippen LogP contribution in [-0.2, 0) is 14.3 Å². The molecule has 4 aromatic rings. The Hall–Kier alpha value is -4.38. The van der Waals surface area contributed by atoms with Crippen molar-refractivity contribution in [3.8, 4) is 11.5 Å². The first-order valence-corrected chi connectivity index (χ1v) is 14.5. The van der Waals surface area contributed by atoms with Crippen molar-refractivity contribution in [2.24, 2.45) is 4.99 Å². The predicted molar refractivity (Wildman–Crippen MR) is 164 cm³/mol. The van der Waals surface area contributed by atoms with Gasteiger partial charge in [0.2, 0.25) is 0 Å². The van der Waals surface area contributed by atoms with E-state index >= 15 is 0 Å². The molecule has 0 amide bonds. The second-order valence-electron chi connectivity index (χ2n) is 9.20. The molecule has 3 aromatic carbocycles. The summed E-state index contributed by atoms with van der Waals surface area (Å²) in [6.07, 6.45) is 1.60. The molecule has 1 aromatic heterocycles. The Morgan fingerprint density at radius 1 is 1.07 bits per heavy atom. The molecule has 0 aliphatic carbocycles. The Bertz CT molecular complexity index is 1890. The summed E-state index contributed by atoms with van der Waals surface area (Å²) >= 11 is 13.8. The topological polar surface area (TPSA) is 116 Å². The van der Waals surface area contributed by atoms with Gasteiger partial charge in [0.25, 0.3) is 5.56 Å². The van der Waals surface area contributed by atoms with Gasteiger partial charge in [-0.05, 0) is 48.4 Å². The zero-order valence-corrected chi connectivity index (χ0v) is 25.2. The molecule has 0 fully saturated rings. The standard InChI is InChI=1S/C31H24Cl2N2O7S/c1-3-41-30(39)25-26(18-7-5-4-6-8-18)34-31-35(27(25)19-9-11-20(40-2)12-10-19)29(38)23(43-31)15-17-13-21(32)28(22(33)14-17)42-16-24(36)37/h4-15,27H,3,16H2,1-2H3,(H,36,37)/b23-15-/t27-/m1/s1. The van der Waals surface area contributed by atoms with Gasteiger partial charge in [-0.3, -0.25) is 9.36 Å². The smallest absolute Gasteiger partial charge is 0.341 e. The molecule has 1 aliphatic rings. The molecule has 0 saturated heterocycles. The Labute approximate surface area is 259 Å². The van der Waals surface area contributed by atoms with Gasteiger partial charge in [0, 0.05) is 5.56 Å². The lowest BCUT2D eigenvalue weighted by molar-refractivity contribution is -0.140. The highest BCUT2D eigenvalue weighted by molar-refractivity contribution is 7.07. The predicted octanol–water partition coefficient (Wildman–Crippen LogP) is 4.71. The van der Waals surface area contributed by atoms with Crippen LogP contribution in [0.15, 0.2) is 82.1 Å². The van der Waals surface area contributed by atoms with Crippen LogP contribution in [0, 0.1) is 0 Å². The van der Waals surface area contributed by atoms with Crippen LogP contribution in [0.1, 0.15) is 29.7 Å². The number of carbonyl (C=O) groups is 2. The number of nitrogens with zero attached hydrogens (tertiary/aromatic N) is 2. The van der Waals surface area contributed by atoms with Crippen LogP contribution < -0.4 is 24.4 Å². The average Bonchev–Trinajstić information content (AvgIpc) is 3.30. The average molecular weight is 640 g/mol. The van der Waals surface area contributed by atoms with Gasteiger partial charge in [0.15, 0.2) is 17.2 Å². The summed E-state index contributed by atoms with van der Waals surface area (Å²) in [5.41, 5.74) is 2.07. The molecule has 0 saturated carbocycles. The number of carbonyl (C=O) groups excluding carboxylic acids is 1. The number of rotatable bonds is 9. The van der Waals surface area contributed by atoms with E-state index in [-0.39, 0.29) is 28.0 Å². The van der Waals surface area contributed by atoms with E-state index in [1.54, 1.807) is 44.4 Å². The molecule has 5 rings (SSSR count). The van der Waals surface area contributed by atoms with Gasteiger partial charge in [-0.2, -0.15) is 0 Å². The number of carboxylic acid groups (broad SMARTS) is 1. The van der Waals surface area contributed by atoms with Gasteiger partial charge < -0.3 is 19.3 Å². The van der Waals surface area contributed by atoms with E-state index in [9.17, 15) is 14.4 Å². The van der Waals surface area contributed by atoms with Crippen LogP contribution in [0.5, 0.6) is 11.5 Å². The van der Waals surface area contributed by atoms with Crippen molar-refractivity contribution in [2.45, 2.75) is 13.0 Å². The molecule has 43 heavy (non-hydrogen) atoms. The summed E-state index contributed by atoms with van der Waals surface area (Å²) < 4.78 is 17.8. The summed E-state index contributed by atoms with van der Waals surface area (Å²) in [5, 5.41) is 9.09. The Kier molecular flexibility index (Phi) is 9.00. The lowest BCUT2D eigenvalue weighted by Gasteiger charge is -2.26. The molecule has 0 radical (unpaired) electrons. The Morgan fingerprint density at radius 2 is 1.74 bits per heavy atom. The number of ether oxygens (including phenoxy) is 3. The molecule has 220 valence electrons. The van der Waals surface area contributed by atoms with Crippen LogP contribution in [-0.4, -0.2) is 41.9 Å². The van der Waals surface area contributed by atoms with E-state index in [2.05, 4.69) is 0 Å². The van der Waals surface area contributed by atoms with Crippen LogP contribution in [0.3, 0.4) is 0 Å². The highest BCUT2D eigenvalue weighted by atomic mass is 35.5. The number of hydrogen-bond donors (Lipinski definition) is 1. The zero-order chi connectivity index (χ0) is 30.7. The quantitative estimate of drug-likeness (QED) is 0.264. The minimum absolute atomic E-state index is 0.0235. The normalized spacial score (nSPS) is 14.6. The van der Waals surface area contributed by atoms with Crippen molar-refractivity contribution in [1.29, 1.82) is 0 Å². The molecule has 1 N–H and O–H groups in total. The molecule has 0 bridgehead atoms. The number of methoxy groups -OCH3 is 1. The van der Waals surface area contributed by atoms with E-state index in [0.29, 0.717) is 37.5 Å². The van der Waals surface area contributed by atoms with Crippen LogP contribution in [0.25, 0.3) is 11.8 Å². The van der Waals surface area contributed by atoms with Gasteiger partial charge in [0.05, 0.1) is 45.6 Å². The second-order valence-corrected chi connectivity index (χ2v) is 11.0. The molecule has 1 aliphatic heterocycles. The molecule has 1 atom stereocenters. The van der Waals surface area contributed by atoms with E-state index < -0.39 is 30.1 Å². The fourth-order valence-corrected chi connectivity index (χ4v) is 6.24. The first-order chi connectivity index (χ1) is 20.7. The molecule has 9 nitrogen and oxygen atoms in total. The van der Waals surface area contributed by atoms with Gasteiger partial charge >= 0.3 is 11.9 Å². The zero-order valence-electron chi connectivity index (χ0n) is 22.9. The highest BCUT2D eigenvalue weighted by Gasteiger charge is 2.35. The van der Waals surface area contributed by atoms with Crippen molar-refractivity contribution < 1.29 is 28.9 Å². The van der Waals surface area contributed by atoms with Crippen LogP contribution >= 0.6 is 34.5 Å². The van der Waals surface area contributed by atoms with E-state index in [0.717, 1.165) is 11.3 Å². The minimum atomic E-state index is -1.18. The van der Waals surface area contributed by atoms with Crippen molar-refractivity contribution >= 4 is 58.3 Å². The SMILES string of the molecule is CCOC(=O)C1=C(c2ccccc2)N=c2s/c(=C\c3cc(Cl)c(OCC(=O)O)c(Cl)c3)c(=O)n2[C@@H]1c1ccc(OC)cc1. The van der Waals surface area contributed by atoms with Crippen molar-refractivity contribution in [2.75, 3.05) is 20.3 Å². The Morgan fingerprint density at radius 3 is 2.35 bits per heavy atom. The largest absolute Gasteiger partial charge is 0.497 e. The van der Waals surface area contributed by atoms with Crippen molar-refractivity contribution in [1.82, 2.24) is 4.57 Å². The lowest BCUT2D eigenvalue weighted by atomic mass is 9.93. The van der Waals surface area contributed by atoms with Crippen LogP contribution in [0.2, 0.25) is 10.0 Å². The molecule has 0 unspecified atom stereocenters. The summed E-state index contributed by atoms with van der Waals surface area (Å²) in [7, 11) is 1.55. The monoisotopic (exact) mass is 638 g/mol. The van der Waals surface area contributed by atoms with Gasteiger partial charge in [-0.15, -0.1) is 0 Å². The number of carboxylic acids is 1. The first kappa shape index (κ1) is 30.1. The van der Waals surface area contributed by atoms with Gasteiger partial charge in [-0.1, -0.05) is 77.0 Å². The number of esters is 1. The lowest BCUT2D eigenvalue weighted by Crippen LogP contribution is -2.40. The molecule has 2 heterocycles. The molecular formula is C31H24Cl2N2O7S. The van der Waals surface area contributed by atoms with E-state index in [1.807, 2.05) is 30.3 Å². The first-order valence-electron chi connectivity index (χ1n) is 13.0. The molecule has 0 spiro atoms. The number of aromatic nitrogens is 1. The van der Waals surface area contributed by atoms with Crippen molar-refractivity contribution in [3.63, 3.8) is 0 Å². The highest BCUT2D eigenvalue weighted by Crippen LogP contribution is 2.36. The summed E-state index contributed by atoms with van der Waals surface area (Å²) in [4.78, 5) is 43.7. The fraction of sp³-hybridized carbons (Fsp3) is 0.161. The third kappa shape index (κ3) is 6.22. The second kappa shape index (κ2) is 12.9. The van der Waals surface area contributed by atoms with Gasteiger partial charge in [-0.25, -0.2) is 14.6 Å². The summed E-state index contributed by atoms with van der Waals surface area (Å²) in [6, 6.07) is 18.5. The van der Waals surface area contributed by atoms with Crippen molar-refractivity contribution in [3.05, 3.63) is 119 Å². The number of halogens is 2. The van der Waals surface area contributed by atoms with Crippen LogP contribution in [0.4, 0.5) is 0 Å². The number of benzene rings is 3. The maximum atomic E-state index is 14.0. The number of thiazole rings is 1. The molecule has 12 heteroatoms. The number of hydrogen-bond acceptors (Lipinski definition) is 8. The summed E-state index contributed by atoms with van der Waals surface area (Å²) in [5.74, 6) is -1.13. The van der Waals surface area contributed by atoms with E-state index in [4.69, 9.17) is 47.5 Å². The third-order valence-corrected chi connectivity index (χ3v) is 8.01. The number of fused-ring (bicyclic) bond motifs is 1. The minimum Gasteiger partial charge on any atom is -0.497 e. The summed E-state index contributed by atoms with van der Waals surface area (Å²) in [6.45, 7) is 1.24. The number of aliphatic carboxylic acids is 1. The fourth-order valence-electron chi connectivity index (χ4n) is 4.63. The third-order valence-electron chi connectivity index (χ3n) is 6.46. The Balaban J connectivity index is 1.74.